The summed E-state index contributed by atoms with van der Waals surface area (Å²) in [6.45, 7) is 0. The van der Waals surface area contributed by atoms with E-state index in [1.54, 1.807) is 0 Å². The van der Waals surface area contributed by atoms with Gasteiger partial charge >= 0.3 is 6.18 Å². The summed E-state index contributed by atoms with van der Waals surface area (Å²) in [6.07, 6.45) is -3.35. The normalized spacial score (nSPS) is 23.0. The van der Waals surface area contributed by atoms with Gasteiger partial charge in [0.05, 0.1) is 11.5 Å². The van der Waals surface area contributed by atoms with Gasteiger partial charge in [0.25, 0.3) is 0 Å². The number of sulfone groups is 1. The number of nitrogens with one attached hydrogen (secondary N) is 1. The molecule has 0 aromatic carbocycles. The second-order valence-corrected chi connectivity index (χ2v) is 6.63. The maximum Gasteiger partial charge on any atom is 0.435 e. The van der Waals surface area contributed by atoms with Crippen LogP contribution < -0.4 is 5.32 Å². The lowest BCUT2D eigenvalue weighted by molar-refractivity contribution is -0.141. The van der Waals surface area contributed by atoms with Crippen LogP contribution in [0.3, 0.4) is 0 Å². The third-order valence-corrected chi connectivity index (χ3v) is 4.59. The summed E-state index contributed by atoms with van der Waals surface area (Å²) in [7, 11) is -3.07. The summed E-state index contributed by atoms with van der Waals surface area (Å²) in [5.74, 6) is 0.273. The fourth-order valence-electron chi connectivity index (χ4n) is 1.91. The standard InChI is InChI=1S/C10H12F3N3O2S/c11-10(12,13)8-3-4-9(16-15-8)14-7-2-1-5-19(17,18)6-7/h3-4,7H,1-2,5-6H2,(H,14,16). The molecule has 2 heterocycles. The van der Waals surface area contributed by atoms with Crippen molar-refractivity contribution >= 4 is 15.7 Å². The molecule has 1 aliphatic heterocycles. The molecular formula is C10H12F3N3O2S. The second-order valence-electron chi connectivity index (χ2n) is 4.40. The first kappa shape index (κ1) is 14.0. The molecule has 1 fully saturated rings. The Labute approximate surface area is 108 Å². The van der Waals surface area contributed by atoms with E-state index in [0.717, 1.165) is 12.1 Å². The van der Waals surface area contributed by atoms with Crippen molar-refractivity contribution in [2.45, 2.75) is 25.1 Å². The largest absolute Gasteiger partial charge is 0.435 e. The summed E-state index contributed by atoms with van der Waals surface area (Å²) >= 11 is 0. The van der Waals surface area contributed by atoms with Crippen LogP contribution in [0.25, 0.3) is 0 Å². The number of rotatable bonds is 2. The molecular weight excluding hydrogens is 283 g/mol. The molecule has 1 atom stereocenters. The Morgan fingerprint density at radius 1 is 1.26 bits per heavy atom. The SMILES string of the molecule is O=S1(=O)CCCC(Nc2ccc(C(F)(F)F)nn2)C1. The predicted octanol–water partition coefficient (Wildman–Crippen LogP) is 1.48. The number of alkyl halides is 3. The van der Waals surface area contributed by atoms with Crippen molar-refractivity contribution in [3.63, 3.8) is 0 Å². The Hall–Kier alpha value is -1.38. The molecule has 0 radical (unpaired) electrons. The summed E-state index contributed by atoms with van der Waals surface area (Å²) < 4.78 is 59.7. The third-order valence-electron chi connectivity index (χ3n) is 2.77. The maximum atomic E-state index is 12.3. The van der Waals surface area contributed by atoms with Crippen LogP contribution in [0, 0.1) is 0 Å². The number of aromatic nitrogens is 2. The van der Waals surface area contributed by atoms with Crippen molar-refractivity contribution in [3.8, 4) is 0 Å². The number of hydrogen-bond acceptors (Lipinski definition) is 5. The van der Waals surface area contributed by atoms with Gasteiger partial charge < -0.3 is 5.32 Å². The molecule has 0 aliphatic carbocycles. The van der Waals surface area contributed by atoms with Crippen molar-refractivity contribution in [2.75, 3.05) is 16.8 Å². The first-order chi connectivity index (χ1) is 8.76. The number of hydrogen-bond donors (Lipinski definition) is 1. The molecule has 0 bridgehead atoms. The summed E-state index contributed by atoms with van der Waals surface area (Å²) in [5.41, 5.74) is -1.07. The van der Waals surface area contributed by atoms with Gasteiger partial charge in [-0.15, -0.1) is 10.2 Å². The van der Waals surface area contributed by atoms with Gasteiger partial charge in [0.2, 0.25) is 0 Å². The monoisotopic (exact) mass is 295 g/mol. The van der Waals surface area contributed by atoms with E-state index in [-0.39, 0.29) is 23.4 Å². The van der Waals surface area contributed by atoms with Crippen LogP contribution in [0.4, 0.5) is 19.0 Å². The summed E-state index contributed by atoms with van der Waals surface area (Å²) in [4.78, 5) is 0. The fraction of sp³-hybridized carbons (Fsp3) is 0.600. The molecule has 0 saturated carbocycles. The average molecular weight is 295 g/mol. The van der Waals surface area contributed by atoms with Crippen molar-refractivity contribution in [2.24, 2.45) is 0 Å². The Morgan fingerprint density at radius 2 is 2.00 bits per heavy atom. The van der Waals surface area contributed by atoms with Gasteiger partial charge in [-0.25, -0.2) is 8.42 Å². The van der Waals surface area contributed by atoms with Gasteiger partial charge in [-0.1, -0.05) is 0 Å². The molecule has 2 rings (SSSR count). The maximum absolute atomic E-state index is 12.3. The second kappa shape index (κ2) is 4.95. The van der Waals surface area contributed by atoms with E-state index in [0.29, 0.717) is 12.8 Å². The molecule has 1 unspecified atom stereocenters. The highest BCUT2D eigenvalue weighted by atomic mass is 32.2. The van der Waals surface area contributed by atoms with Crippen LogP contribution in [-0.4, -0.2) is 36.2 Å². The Morgan fingerprint density at radius 3 is 2.53 bits per heavy atom. The molecule has 1 aromatic rings. The first-order valence-electron chi connectivity index (χ1n) is 5.64. The van der Waals surface area contributed by atoms with Gasteiger partial charge in [0.15, 0.2) is 15.5 Å². The van der Waals surface area contributed by atoms with Crippen LogP contribution in [0.1, 0.15) is 18.5 Å². The third kappa shape index (κ3) is 3.79. The summed E-state index contributed by atoms with van der Waals surface area (Å²) in [6, 6.07) is 1.63. The molecule has 106 valence electrons. The number of nitrogens with zero attached hydrogens (tertiary/aromatic N) is 2. The minimum atomic E-state index is -4.53. The highest BCUT2D eigenvalue weighted by molar-refractivity contribution is 7.91. The van der Waals surface area contributed by atoms with Crippen LogP contribution >= 0.6 is 0 Å². The predicted molar refractivity (Wildman–Crippen MR) is 62.3 cm³/mol. The van der Waals surface area contributed by atoms with Crippen LogP contribution in [0.5, 0.6) is 0 Å². The Kier molecular flexibility index (Phi) is 3.66. The highest BCUT2D eigenvalue weighted by Gasteiger charge is 2.33. The summed E-state index contributed by atoms with van der Waals surface area (Å²) in [5, 5.41) is 9.27. The van der Waals surface area contributed by atoms with E-state index in [9.17, 15) is 21.6 Å². The highest BCUT2D eigenvalue weighted by Crippen LogP contribution is 2.27. The van der Waals surface area contributed by atoms with Gasteiger partial charge in [-0.05, 0) is 25.0 Å². The van der Waals surface area contributed by atoms with Crippen molar-refractivity contribution < 1.29 is 21.6 Å². The first-order valence-corrected chi connectivity index (χ1v) is 7.46. The lowest BCUT2D eigenvalue weighted by Crippen LogP contribution is -2.35. The number of anilines is 1. The zero-order valence-electron chi connectivity index (χ0n) is 9.81. The minimum Gasteiger partial charge on any atom is -0.365 e. The molecule has 1 aromatic heterocycles. The van der Waals surface area contributed by atoms with Gasteiger partial charge in [0, 0.05) is 6.04 Å². The van der Waals surface area contributed by atoms with E-state index in [1.165, 1.54) is 0 Å². The van der Waals surface area contributed by atoms with Crippen LogP contribution in [0.2, 0.25) is 0 Å². The minimum absolute atomic E-state index is 0.0320. The van der Waals surface area contributed by atoms with Crippen molar-refractivity contribution in [1.29, 1.82) is 0 Å². The smallest absolute Gasteiger partial charge is 0.365 e. The van der Waals surface area contributed by atoms with Crippen LogP contribution in [-0.2, 0) is 16.0 Å². The van der Waals surface area contributed by atoms with Gasteiger partial charge in [0.1, 0.15) is 5.82 Å². The molecule has 1 aliphatic rings. The van der Waals surface area contributed by atoms with E-state index in [4.69, 9.17) is 0 Å². The molecule has 0 amide bonds. The lowest BCUT2D eigenvalue weighted by Gasteiger charge is -2.23. The molecule has 1 saturated heterocycles. The molecule has 0 spiro atoms. The van der Waals surface area contributed by atoms with Gasteiger partial charge in [-0.3, -0.25) is 0 Å². The van der Waals surface area contributed by atoms with Gasteiger partial charge in [-0.2, -0.15) is 13.2 Å². The van der Waals surface area contributed by atoms with E-state index in [1.807, 2.05) is 0 Å². The van der Waals surface area contributed by atoms with Crippen molar-refractivity contribution in [3.05, 3.63) is 17.8 Å². The fourth-order valence-corrected chi connectivity index (χ4v) is 3.54. The molecule has 5 nitrogen and oxygen atoms in total. The van der Waals surface area contributed by atoms with Crippen molar-refractivity contribution in [1.82, 2.24) is 10.2 Å². The zero-order chi connectivity index (χ0) is 14.1. The zero-order valence-corrected chi connectivity index (χ0v) is 10.6. The molecule has 1 N–H and O–H groups in total. The number of halogens is 3. The lowest BCUT2D eigenvalue weighted by atomic mass is 10.2. The van der Waals surface area contributed by atoms with E-state index in [2.05, 4.69) is 15.5 Å². The Balaban J connectivity index is 2.04. The van der Waals surface area contributed by atoms with E-state index >= 15 is 0 Å². The quantitative estimate of drug-likeness (QED) is 0.895. The van der Waals surface area contributed by atoms with Crippen LogP contribution in [0.15, 0.2) is 12.1 Å². The topological polar surface area (TPSA) is 72.0 Å². The van der Waals surface area contributed by atoms with E-state index < -0.39 is 21.7 Å². The average Bonchev–Trinajstić information content (AvgIpc) is 2.27. The Bertz CT molecular complexity index is 542. The molecule has 9 heteroatoms. The molecule has 19 heavy (non-hydrogen) atoms.